The van der Waals surface area contributed by atoms with Crippen LogP contribution in [0.4, 0.5) is 13.2 Å². The summed E-state index contributed by atoms with van der Waals surface area (Å²) in [6.45, 7) is 3.21. The molecule has 1 rings (SSSR count). The van der Waals surface area contributed by atoms with Gasteiger partial charge in [-0.1, -0.05) is 18.6 Å². The number of Topliss-reactive ketones (excluding diaryl/α,β-unsaturated/α-hetero) is 1. The molecule has 0 N–H and O–H groups in total. The number of carbonyl (C=O) groups is 1. The Labute approximate surface area is 102 Å². The second-order valence-corrected chi connectivity index (χ2v) is 3.66. The molecule has 0 atom stereocenters. The quantitative estimate of drug-likeness (QED) is 0.557. The van der Waals surface area contributed by atoms with Crippen molar-refractivity contribution in [3.05, 3.63) is 11.9 Å². The maximum Gasteiger partial charge on any atom is 0.456 e. The molecule has 0 amide bonds. The highest BCUT2D eigenvalue weighted by Gasteiger charge is 2.41. The van der Waals surface area contributed by atoms with Crippen molar-refractivity contribution < 1.29 is 22.7 Å². The highest BCUT2D eigenvalue weighted by atomic mass is 19.4. The van der Waals surface area contributed by atoms with E-state index in [0.29, 0.717) is 13.2 Å². The van der Waals surface area contributed by atoms with Gasteiger partial charge in [0.2, 0.25) is 0 Å². The van der Waals surface area contributed by atoms with E-state index < -0.39 is 17.7 Å². The molecule has 0 saturated carbocycles. The molecule has 0 unspecified atom stereocenters. The van der Waals surface area contributed by atoms with Crippen molar-refractivity contribution in [3.8, 4) is 0 Å². The van der Waals surface area contributed by atoms with E-state index in [4.69, 9.17) is 4.74 Å². The molecule has 0 aliphatic rings. The molecule has 0 aliphatic carbocycles. The first-order valence-electron chi connectivity index (χ1n) is 5.54. The zero-order chi connectivity index (χ0) is 13.6. The summed E-state index contributed by atoms with van der Waals surface area (Å²) in [6, 6.07) is 0. The molecule has 8 heteroatoms. The molecule has 0 fully saturated rings. The Bertz CT molecular complexity index is 390. The van der Waals surface area contributed by atoms with E-state index in [9.17, 15) is 18.0 Å². The first-order valence-corrected chi connectivity index (χ1v) is 5.54. The van der Waals surface area contributed by atoms with E-state index in [1.165, 1.54) is 0 Å². The summed E-state index contributed by atoms with van der Waals surface area (Å²) in [5, 5.41) is 6.62. The second kappa shape index (κ2) is 6.48. The predicted octanol–water partition coefficient (Wildman–Crippen LogP) is 1.84. The first kappa shape index (κ1) is 14.6. The van der Waals surface area contributed by atoms with Crippen LogP contribution in [0.5, 0.6) is 0 Å². The van der Waals surface area contributed by atoms with Crippen LogP contribution in [0.3, 0.4) is 0 Å². The lowest BCUT2D eigenvalue weighted by Crippen LogP contribution is -2.23. The zero-order valence-corrected chi connectivity index (χ0v) is 9.90. The molecule has 0 spiro atoms. The number of hydrogen-bond donors (Lipinski definition) is 0. The van der Waals surface area contributed by atoms with Crippen LogP contribution < -0.4 is 0 Å². The Morgan fingerprint density at radius 1 is 1.44 bits per heavy atom. The highest BCUT2D eigenvalue weighted by molar-refractivity contribution is 5.98. The van der Waals surface area contributed by atoms with Crippen molar-refractivity contribution in [2.45, 2.75) is 32.5 Å². The van der Waals surface area contributed by atoms with Crippen LogP contribution >= 0.6 is 0 Å². The van der Waals surface area contributed by atoms with Gasteiger partial charge in [0.1, 0.15) is 0 Å². The Balaban J connectivity index is 2.42. The summed E-state index contributed by atoms with van der Waals surface area (Å²) in [7, 11) is 0. The minimum atomic E-state index is -4.92. The number of carbonyl (C=O) groups excluding carboxylic acids is 1. The molecule has 1 heterocycles. The van der Waals surface area contributed by atoms with Gasteiger partial charge in [-0.05, 0) is 6.42 Å². The number of alkyl halides is 3. The number of ether oxygens (including phenoxy) is 1. The fourth-order valence-electron chi connectivity index (χ4n) is 1.16. The van der Waals surface area contributed by atoms with Gasteiger partial charge in [0, 0.05) is 6.61 Å². The van der Waals surface area contributed by atoms with Crippen LogP contribution in [0.15, 0.2) is 6.20 Å². The number of unbranched alkanes of at least 4 members (excludes halogenated alkanes) is 1. The van der Waals surface area contributed by atoms with Gasteiger partial charge in [-0.3, -0.25) is 4.79 Å². The third kappa shape index (κ3) is 4.44. The van der Waals surface area contributed by atoms with E-state index in [-0.39, 0.29) is 6.54 Å². The molecule has 18 heavy (non-hydrogen) atoms. The summed E-state index contributed by atoms with van der Waals surface area (Å²) in [5.41, 5.74) is -0.698. The fraction of sp³-hybridized carbons (Fsp3) is 0.700. The fourth-order valence-corrected chi connectivity index (χ4v) is 1.16. The molecule has 1 aromatic heterocycles. The third-order valence-corrected chi connectivity index (χ3v) is 2.14. The Morgan fingerprint density at radius 3 is 2.78 bits per heavy atom. The third-order valence-electron chi connectivity index (χ3n) is 2.14. The maximum atomic E-state index is 12.1. The van der Waals surface area contributed by atoms with Crippen molar-refractivity contribution in [2.24, 2.45) is 0 Å². The van der Waals surface area contributed by atoms with Gasteiger partial charge >= 0.3 is 6.18 Å². The summed E-state index contributed by atoms with van der Waals surface area (Å²) in [6.07, 6.45) is -2.01. The average Bonchev–Trinajstić information content (AvgIpc) is 2.75. The molecular weight excluding hydrogens is 251 g/mol. The molecule has 5 nitrogen and oxygen atoms in total. The van der Waals surface area contributed by atoms with Gasteiger partial charge in [0.25, 0.3) is 5.78 Å². The topological polar surface area (TPSA) is 57.0 Å². The summed E-state index contributed by atoms with van der Waals surface area (Å²) in [4.78, 5) is 10.8. The van der Waals surface area contributed by atoms with Crippen LogP contribution in [0.1, 0.15) is 30.3 Å². The van der Waals surface area contributed by atoms with E-state index in [1.807, 2.05) is 6.92 Å². The Kier molecular flexibility index (Phi) is 5.26. The zero-order valence-electron chi connectivity index (χ0n) is 9.90. The smallest absolute Gasteiger partial charge is 0.380 e. The second-order valence-electron chi connectivity index (χ2n) is 3.66. The van der Waals surface area contributed by atoms with Gasteiger partial charge in [0.15, 0.2) is 5.69 Å². The summed E-state index contributed by atoms with van der Waals surface area (Å²) >= 11 is 0. The molecular formula is C10H14F3N3O2. The molecule has 0 saturated heterocycles. The van der Waals surface area contributed by atoms with E-state index in [0.717, 1.165) is 23.7 Å². The monoisotopic (exact) mass is 265 g/mol. The largest absolute Gasteiger partial charge is 0.456 e. The number of hydrogen-bond acceptors (Lipinski definition) is 4. The van der Waals surface area contributed by atoms with Crippen LogP contribution in [0.2, 0.25) is 0 Å². The standard InChI is InChI=1S/C10H14F3N3O2/c1-2-3-5-18-6-4-16-7-8(14-15-16)9(17)10(11,12)13/h7H,2-6H2,1H3. The number of aromatic nitrogens is 3. The summed E-state index contributed by atoms with van der Waals surface area (Å²) in [5.74, 6) is -1.99. The van der Waals surface area contributed by atoms with E-state index >= 15 is 0 Å². The van der Waals surface area contributed by atoms with Gasteiger partial charge in [-0.25, -0.2) is 4.68 Å². The van der Waals surface area contributed by atoms with Crippen molar-refractivity contribution in [1.29, 1.82) is 0 Å². The molecule has 0 bridgehead atoms. The molecule has 102 valence electrons. The van der Waals surface area contributed by atoms with E-state index in [2.05, 4.69) is 10.3 Å². The molecule has 0 aromatic carbocycles. The Hall–Kier alpha value is -1.44. The van der Waals surface area contributed by atoms with Gasteiger partial charge in [0.05, 0.1) is 19.3 Å². The predicted molar refractivity (Wildman–Crippen MR) is 56.1 cm³/mol. The van der Waals surface area contributed by atoms with Gasteiger partial charge in [-0.2, -0.15) is 13.2 Å². The maximum absolute atomic E-state index is 12.1. The lowest BCUT2D eigenvalue weighted by atomic mass is 10.3. The Morgan fingerprint density at radius 2 is 2.17 bits per heavy atom. The molecule has 1 aromatic rings. The SMILES string of the molecule is CCCCOCCn1cc(C(=O)C(F)(F)F)nn1. The van der Waals surface area contributed by atoms with Crippen molar-refractivity contribution in [1.82, 2.24) is 15.0 Å². The lowest BCUT2D eigenvalue weighted by molar-refractivity contribution is -0.0888. The van der Waals surface area contributed by atoms with Crippen LogP contribution in [0, 0.1) is 0 Å². The van der Waals surface area contributed by atoms with Gasteiger partial charge < -0.3 is 4.74 Å². The lowest BCUT2D eigenvalue weighted by Gasteiger charge is -2.02. The van der Waals surface area contributed by atoms with Gasteiger partial charge in [-0.15, -0.1) is 5.10 Å². The highest BCUT2D eigenvalue weighted by Crippen LogP contribution is 2.19. The van der Waals surface area contributed by atoms with Crippen LogP contribution in [-0.4, -0.2) is 40.2 Å². The summed E-state index contributed by atoms with van der Waals surface area (Å²) < 4.78 is 42.6. The number of ketones is 1. The average molecular weight is 265 g/mol. The minimum absolute atomic E-state index is 0.266. The number of nitrogens with zero attached hydrogens (tertiary/aromatic N) is 3. The normalized spacial score (nSPS) is 11.8. The molecule has 0 radical (unpaired) electrons. The molecule has 0 aliphatic heterocycles. The van der Waals surface area contributed by atoms with Crippen molar-refractivity contribution in [2.75, 3.05) is 13.2 Å². The van der Waals surface area contributed by atoms with Crippen molar-refractivity contribution >= 4 is 5.78 Å². The van der Waals surface area contributed by atoms with Crippen LogP contribution in [0.25, 0.3) is 0 Å². The van der Waals surface area contributed by atoms with E-state index in [1.54, 1.807) is 0 Å². The minimum Gasteiger partial charge on any atom is -0.380 e. The van der Waals surface area contributed by atoms with Crippen LogP contribution in [-0.2, 0) is 11.3 Å². The first-order chi connectivity index (χ1) is 8.45. The number of rotatable bonds is 7. The van der Waals surface area contributed by atoms with Crippen molar-refractivity contribution in [3.63, 3.8) is 0 Å². The number of halogens is 3.